The standard InChI is InChI=1S/C22H26N6O4/c23-16(9-14-11-25-12-26-14)21(31)28(8-4-7-17(28)20(24)30)22(32)19-15(10-18(29)27-19)13-5-2-1-3-6-13/h1-3,5-6,11-12,15-17,19H,4,7-10,23H2,(H3-,24,25,26,27,29,30)/p+1/t15-,16-,17-,19-,28?/m0/s1. The molecule has 0 saturated carbocycles. The van der Waals surface area contributed by atoms with Crippen LogP contribution in [0.3, 0.4) is 0 Å². The number of hydrogen-bond donors (Lipinski definition) is 4. The van der Waals surface area contributed by atoms with Crippen molar-refractivity contribution in [3.63, 3.8) is 0 Å². The Morgan fingerprint density at radius 3 is 2.62 bits per heavy atom. The zero-order chi connectivity index (χ0) is 22.9. The number of rotatable bonds is 6. The van der Waals surface area contributed by atoms with Crippen LogP contribution in [0.2, 0.25) is 0 Å². The molecule has 10 heteroatoms. The maximum atomic E-state index is 14.0. The van der Waals surface area contributed by atoms with Crippen molar-refractivity contribution >= 4 is 23.6 Å². The van der Waals surface area contributed by atoms with Crippen LogP contribution in [0.4, 0.5) is 0 Å². The lowest BCUT2D eigenvalue weighted by Crippen LogP contribution is -2.70. The van der Waals surface area contributed by atoms with Gasteiger partial charge < -0.3 is 21.8 Å². The van der Waals surface area contributed by atoms with Gasteiger partial charge in [0.05, 0.1) is 12.9 Å². The molecule has 1 unspecified atom stereocenters. The van der Waals surface area contributed by atoms with E-state index in [0.717, 1.165) is 5.56 Å². The maximum Gasteiger partial charge on any atom is 0.344 e. The van der Waals surface area contributed by atoms with Gasteiger partial charge in [0.1, 0.15) is 6.04 Å². The van der Waals surface area contributed by atoms with Crippen LogP contribution in [0.1, 0.15) is 36.4 Å². The van der Waals surface area contributed by atoms with Crippen LogP contribution in [-0.2, 0) is 25.6 Å². The molecule has 5 atom stereocenters. The highest BCUT2D eigenvalue weighted by Gasteiger charge is 2.61. The Labute approximate surface area is 184 Å². The first-order chi connectivity index (χ1) is 15.3. The smallest absolute Gasteiger partial charge is 0.344 e. The quantitative estimate of drug-likeness (QED) is 0.443. The normalized spacial score (nSPS) is 28.3. The van der Waals surface area contributed by atoms with Gasteiger partial charge in [0, 0.05) is 43.5 Å². The molecule has 2 saturated heterocycles. The Morgan fingerprint density at radius 2 is 1.97 bits per heavy atom. The number of likely N-dealkylation sites (tertiary alicyclic amines) is 1. The number of amides is 4. The average molecular weight is 439 g/mol. The average Bonchev–Trinajstić information content (AvgIpc) is 3.53. The molecule has 4 amide bonds. The fourth-order valence-electron chi connectivity index (χ4n) is 5.07. The van der Waals surface area contributed by atoms with E-state index in [1.165, 1.54) is 6.33 Å². The second kappa shape index (κ2) is 8.64. The van der Waals surface area contributed by atoms with Gasteiger partial charge in [-0.25, -0.2) is 14.6 Å². The van der Waals surface area contributed by atoms with Crippen LogP contribution in [0.25, 0.3) is 0 Å². The van der Waals surface area contributed by atoms with Gasteiger partial charge in [-0.05, 0) is 5.56 Å². The SMILES string of the molecule is NC(=O)[C@@H]1CCC[N+]1(C(=O)[C@H]1NC(=O)C[C@H]1c1ccccc1)C(=O)[C@@H](N)Cc1cnc[nH]1. The van der Waals surface area contributed by atoms with Gasteiger partial charge in [-0.2, -0.15) is 4.48 Å². The predicted octanol–water partition coefficient (Wildman–Crippen LogP) is -0.530. The molecule has 4 rings (SSSR count). The van der Waals surface area contributed by atoms with Crippen molar-refractivity contribution in [3.05, 3.63) is 54.1 Å². The monoisotopic (exact) mass is 439 g/mol. The van der Waals surface area contributed by atoms with Gasteiger partial charge >= 0.3 is 11.8 Å². The van der Waals surface area contributed by atoms with Crippen LogP contribution in [0.5, 0.6) is 0 Å². The number of aromatic amines is 1. The summed E-state index contributed by atoms with van der Waals surface area (Å²) in [6.45, 7) is 0.121. The van der Waals surface area contributed by atoms with Gasteiger partial charge in [0.25, 0.3) is 5.91 Å². The minimum Gasteiger partial charge on any atom is -0.364 e. The molecular weight excluding hydrogens is 412 g/mol. The van der Waals surface area contributed by atoms with Crippen molar-refractivity contribution in [2.75, 3.05) is 6.54 Å². The van der Waals surface area contributed by atoms with Crippen LogP contribution < -0.4 is 16.8 Å². The summed E-state index contributed by atoms with van der Waals surface area (Å²) in [5.74, 6) is -2.55. The number of aromatic nitrogens is 2. The number of nitrogens with zero attached hydrogens (tertiary/aromatic N) is 2. The summed E-state index contributed by atoms with van der Waals surface area (Å²) in [7, 11) is 0. The Balaban J connectivity index is 1.71. The lowest BCUT2D eigenvalue weighted by atomic mass is 9.90. The van der Waals surface area contributed by atoms with Crippen LogP contribution >= 0.6 is 0 Å². The highest BCUT2D eigenvalue weighted by molar-refractivity contribution is 5.98. The van der Waals surface area contributed by atoms with E-state index in [1.807, 2.05) is 30.3 Å². The van der Waals surface area contributed by atoms with Crippen LogP contribution in [0.15, 0.2) is 42.9 Å². The first kappa shape index (κ1) is 21.8. The fraction of sp³-hybridized carbons (Fsp3) is 0.409. The molecule has 6 N–H and O–H groups in total. The van der Waals surface area contributed by atoms with Crippen molar-refractivity contribution in [2.45, 2.75) is 49.7 Å². The third-order valence-electron chi connectivity index (χ3n) is 6.57. The lowest BCUT2D eigenvalue weighted by Gasteiger charge is -2.37. The molecule has 168 valence electrons. The molecule has 0 spiro atoms. The van der Waals surface area contributed by atoms with E-state index in [2.05, 4.69) is 15.3 Å². The molecule has 2 aliphatic heterocycles. The molecule has 0 aliphatic carbocycles. The summed E-state index contributed by atoms with van der Waals surface area (Å²) in [6, 6.07) is 6.18. The molecule has 3 heterocycles. The highest BCUT2D eigenvalue weighted by atomic mass is 16.2. The van der Waals surface area contributed by atoms with Gasteiger partial charge in [-0.15, -0.1) is 0 Å². The van der Waals surface area contributed by atoms with Crippen molar-refractivity contribution < 1.29 is 23.7 Å². The zero-order valence-electron chi connectivity index (χ0n) is 17.6. The van der Waals surface area contributed by atoms with Gasteiger partial charge in [-0.1, -0.05) is 30.3 Å². The van der Waals surface area contributed by atoms with E-state index < -0.39 is 46.2 Å². The van der Waals surface area contributed by atoms with Gasteiger partial charge in [0.2, 0.25) is 5.91 Å². The van der Waals surface area contributed by atoms with Crippen molar-refractivity contribution in [3.8, 4) is 0 Å². The topological polar surface area (TPSA) is 161 Å². The van der Waals surface area contributed by atoms with E-state index >= 15 is 0 Å². The van der Waals surface area contributed by atoms with E-state index in [-0.39, 0.29) is 25.3 Å². The lowest BCUT2D eigenvalue weighted by molar-refractivity contribution is -0.783. The maximum absolute atomic E-state index is 14.0. The Bertz CT molecular complexity index is 1020. The van der Waals surface area contributed by atoms with Crippen molar-refractivity contribution in [2.24, 2.45) is 11.5 Å². The summed E-state index contributed by atoms with van der Waals surface area (Å²) in [5, 5.41) is 2.74. The van der Waals surface area contributed by atoms with Crippen LogP contribution in [0, 0.1) is 0 Å². The summed E-state index contributed by atoms with van der Waals surface area (Å²) >= 11 is 0. The third-order valence-corrected chi connectivity index (χ3v) is 6.57. The second-order valence-corrected chi connectivity index (χ2v) is 8.48. The van der Waals surface area contributed by atoms with Gasteiger partial charge in [-0.3, -0.25) is 9.59 Å². The van der Waals surface area contributed by atoms with E-state index in [0.29, 0.717) is 18.5 Å². The summed E-state index contributed by atoms with van der Waals surface area (Å²) in [6.07, 6.45) is 4.06. The first-order valence-electron chi connectivity index (χ1n) is 10.7. The van der Waals surface area contributed by atoms with Crippen molar-refractivity contribution in [1.82, 2.24) is 15.3 Å². The number of primary amides is 1. The highest BCUT2D eigenvalue weighted by Crippen LogP contribution is 2.36. The van der Waals surface area contributed by atoms with Gasteiger partial charge in [0.15, 0.2) is 12.1 Å². The minimum absolute atomic E-state index is 0.121. The fourth-order valence-corrected chi connectivity index (χ4v) is 5.07. The van der Waals surface area contributed by atoms with Crippen molar-refractivity contribution in [1.29, 1.82) is 0 Å². The Hall–Kier alpha value is -3.37. The minimum atomic E-state index is -1.05. The molecule has 0 radical (unpaired) electrons. The number of hydrogen-bond acceptors (Lipinski definition) is 6. The second-order valence-electron chi connectivity index (χ2n) is 8.48. The summed E-state index contributed by atoms with van der Waals surface area (Å²) in [4.78, 5) is 59.2. The molecule has 32 heavy (non-hydrogen) atoms. The molecule has 1 aromatic heterocycles. The third kappa shape index (κ3) is 3.71. The molecule has 10 nitrogen and oxygen atoms in total. The molecular formula is C22H27N6O4+. The first-order valence-corrected chi connectivity index (χ1v) is 10.7. The number of H-pyrrole nitrogens is 1. The number of imide groups is 1. The molecule has 1 aromatic carbocycles. The number of quaternary nitrogens is 1. The number of nitrogens with two attached hydrogens (primary N) is 2. The number of carbonyl (C=O) groups is 4. The number of imidazole rings is 1. The number of nitrogens with one attached hydrogen (secondary N) is 2. The molecule has 2 aromatic rings. The molecule has 2 aliphatic rings. The molecule has 0 bridgehead atoms. The summed E-state index contributed by atoms with van der Waals surface area (Å²) in [5.41, 5.74) is 13.3. The Morgan fingerprint density at radius 1 is 1.22 bits per heavy atom. The number of carbonyl (C=O) groups excluding carboxylic acids is 4. The van der Waals surface area contributed by atoms with E-state index in [1.54, 1.807) is 6.20 Å². The largest absolute Gasteiger partial charge is 0.364 e. The summed E-state index contributed by atoms with van der Waals surface area (Å²) < 4.78 is -0.765. The van der Waals surface area contributed by atoms with E-state index in [4.69, 9.17) is 11.5 Å². The number of benzene rings is 1. The molecule has 2 fully saturated rings. The Kier molecular flexibility index (Phi) is 5.90. The van der Waals surface area contributed by atoms with E-state index in [9.17, 15) is 19.2 Å². The predicted molar refractivity (Wildman–Crippen MR) is 113 cm³/mol. The van der Waals surface area contributed by atoms with Crippen LogP contribution in [-0.4, -0.2) is 62.7 Å². The zero-order valence-corrected chi connectivity index (χ0v) is 17.6.